The smallest absolute Gasteiger partial charge is 0.0405 e. The van der Waals surface area contributed by atoms with E-state index in [1.54, 1.807) is 0 Å². The fraction of sp³-hybridized carbons (Fsp3) is 0.625. The largest absolute Gasteiger partial charge is 0.384 e. The first-order chi connectivity index (χ1) is 8.58. The molecule has 0 saturated heterocycles. The zero-order valence-electron chi connectivity index (χ0n) is 11.9. The molecule has 0 atom stereocenters. The lowest BCUT2D eigenvalue weighted by Crippen LogP contribution is -2.43. The van der Waals surface area contributed by atoms with Crippen LogP contribution in [0.2, 0.25) is 0 Å². The third-order valence-corrected chi connectivity index (χ3v) is 4.41. The first-order valence-corrected chi connectivity index (χ1v) is 7.11. The third-order valence-electron chi connectivity index (χ3n) is 4.41. The second kappa shape index (κ2) is 5.31. The van der Waals surface area contributed by atoms with Crippen LogP contribution >= 0.6 is 0 Å². The molecule has 0 unspecified atom stereocenters. The number of benzene rings is 1. The molecule has 3 N–H and O–H groups in total. The minimum atomic E-state index is 0.358. The molecule has 2 rings (SSSR count). The lowest BCUT2D eigenvalue weighted by Gasteiger charge is -2.41. The number of rotatable bonds is 5. The van der Waals surface area contributed by atoms with Crippen molar-refractivity contribution in [3.05, 3.63) is 29.3 Å². The van der Waals surface area contributed by atoms with Crippen LogP contribution in [-0.2, 0) is 0 Å². The fourth-order valence-electron chi connectivity index (χ4n) is 2.82. The number of nitrogens with two attached hydrogens (primary N) is 1. The van der Waals surface area contributed by atoms with Crippen LogP contribution in [0, 0.1) is 12.3 Å². The molecule has 1 aromatic carbocycles. The van der Waals surface area contributed by atoms with Crippen LogP contribution in [0.15, 0.2) is 18.2 Å². The Morgan fingerprint density at radius 2 is 2.06 bits per heavy atom. The van der Waals surface area contributed by atoms with Gasteiger partial charge in [-0.05, 0) is 48.8 Å². The number of hydrogen-bond donors (Lipinski definition) is 2. The second-order valence-electron chi connectivity index (χ2n) is 6.11. The van der Waals surface area contributed by atoms with Gasteiger partial charge in [-0.1, -0.05) is 38.5 Å². The van der Waals surface area contributed by atoms with Crippen molar-refractivity contribution < 1.29 is 0 Å². The van der Waals surface area contributed by atoms with Crippen LogP contribution in [-0.4, -0.2) is 13.1 Å². The molecule has 100 valence electrons. The highest BCUT2D eigenvalue weighted by molar-refractivity contribution is 5.58. The van der Waals surface area contributed by atoms with E-state index in [-0.39, 0.29) is 0 Å². The van der Waals surface area contributed by atoms with E-state index in [1.807, 2.05) is 0 Å². The van der Waals surface area contributed by atoms with Gasteiger partial charge in [-0.3, -0.25) is 0 Å². The summed E-state index contributed by atoms with van der Waals surface area (Å²) in [5.74, 6) is 0.558. The zero-order chi connectivity index (χ0) is 13.2. The summed E-state index contributed by atoms with van der Waals surface area (Å²) in [7, 11) is 0. The van der Waals surface area contributed by atoms with Crippen molar-refractivity contribution in [3.63, 3.8) is 0 Å². The van der Waals surface area contributed by atoms with Gasteiger partial charge in [0.1, 0.15) is 0 Å². The highest BCUT2D eigenvalue weighted by Gasteiger charge is 2.35. The summed E-state index contributed by atoms with van der Waals surface area (Å²) in [6.07, 6.45) is 3.89. The summed E-state index contributed by atoms with van der Waals surface area (Å²) in [5.41, 5.74) is 10.4. The Bertz CT molecular complexity index is 400. The Morgan fingerprint density at radius 3 is 2.56 bits per heavy atom. The van der Waals surface area contributed by atoms with Crippen molar-refractivity contribution in [1.82, 2.24) is 0 Å². The molecule has 0 spiro atoms. The predicted octanol–water partition coefficient (Wildman–Crippen LogP) is 3.66. The Hall–Kier alpha value is -1.02. The SMILES string of the molecule is Cc1cccc(C(C)C)c1NCC1(CN)CCC1. The van der Waals surface area contributed by atoms with Crippen molar-refractivity contribution in [3.8, 4) is 0 Å². The number of aryl methyl sites for hydroxylation is 1. The van der Waals surface area contributed by atoms with Gasteiger partial charge in [0, 0.05) is 12.2 Å². The molecule has 0 radical (unpaired) electrons. The Labute approximate surface area is 111 Å². The summed E-state index contributed by atoms with van der Waals surface area (Å²) >= 11 is 0. The van der Waals surface area contributed by atoms with Gasteiger partial charge < -0.3 is 11.1 Å². The van der Waals surface area contributed by atoms with Crippen molar-refractivity contribution in [2.24, 2.45) is 11.1 Å². The minimum absolute atomic E-state index is 0.358. The Kier molecular flexibility index (Phi) is 3.96. The van der Waals surface area contributed by atoms with Gasteiger partial charge in [-0.15, -0.1) is 0 Å². The molecular weight excluding hydrogens is 220 g/mol. The monoisotopic (exact) mass is 246 g/mol. The van der Waals surface area contributed by atoms with Crippen LogP contribution in [0.3, 0.4) is 0 Å². The first-order valence-electron chi connectivity index (χ1n) is 7.11. The Balaban J connectivity index is 2.13. The second-order valence-corrected chi connectivity index (χ2v) is 6.11. The number of hydrogen-bond acceptors (Lipinski definition) is 2. The van der Waals surface area contributed by atoms with Gasteiger partial charge in [-0.2, -0.15) is 0 Å². The van der Waals surface area contributed by atoms with Crippen LogP contribution in [0.5, 0.6) is 0 Å². The van der Waals surface area contributed by atoms with E-state index in [9.17, 15) is 0 Å². The maximum atomic E-state index is 5.93. The quantitative estimate of drug-likeness (QED) is 0.832. The third kappa shape index (κ3) is 2.54. The van der Waals surface area contributed by atoms with E-state index >= 15 is 0 Å². The van der Waals surface area contributed by atoms with E-state index in [0.29, 0.717) is 11.3 Å². The molecule has 0 amide bonds. The predicted molar refractivity (Wildman–Crippen MR) is 79.1 cm³/mol. The number of anilines is 1. The minimum Gasteiger partial charge on any atom is -0.384 e. The maximum absolute atomic E-state index is 5.93. The average molecular weight is 246 g/mol. The van der Waals surface area contributed by atoms with Gasteiger partial charge in [0.2, 0.25) is 0 Å². The van der Waals surface area contributed by atoms with Crippen molar-refractivity contribution >= 4 is 5.69 Å². The molecule has 1 saturated carbocycles. The molecule has 2 heteroatoms. The number of nitrogens with one attached hydrogen (secondary N) is 1. The summed E-state index contributed by atoms with van der Waals surface area (Å²) in [4.78, 5) is 0. The van der Waals surface area contributed by atoms with E-state index in [0.717, 1.165) is 13.1 Å². The van der Waals surface area contributed by atoms with Gasteiger partial charge in [-0.25, -0.2) is 0 Å². The van der Waals surface area contributed by atoms with E-state index in [4.69, 9.17) is 5.73 Å². The first kappa shape index (κ1) is 13.4. The van der Waals surface area contributed by atoms with Gasteiger partial charge in [0.25, 0.3) is 0 Å². The van der Waals surface area contributed by atoms with Gasteiger partial charge >= 0.3 is 0 Å². The molecule has 2 nitrogen and oxygen atoms in total. The highest BCUT2D eigenvalue weighted by Crippen LogP contribution is 2.40. The molecule has 0 aromatic heterocycles. The molecule has 1 aliphatic carbocycles. The molecular formula is C16H26N2. The fourth-order valence-corrected chi connectivity index (χ4v) is 2.82. The molecule has 0 heterocycles. The van der Waals surface area contributed by atoms with E-state index in [1.165, 1.54) is 36.1 Å². The standard InChI is InChI=1S/C16H26N2/c1-12(2)14-7-4-6-13(3)15(14)18-11-16(10-17)8-5-9-16/h4,6-7,12,18H,5,8-11,17H2,1-3H3. The van der Waals surface area contributed by atoms with Crippen molar-refractivity contribution in [2.75, 3.05) is 18.4 Å². The summed E-state index contributed by atoms with van der Waals surface area (Å²) < 4.78 is 0. The van der Waals surface area contributed by atoms with Crippen LogP contribution in [0.25, 0.3) is 0 Å². The van der Waals surface area contributed by atoms with Gasteiger partial charge in [0.15, 0.2) is 0 Å². The van der Waals surface area contributed by atoms with Crippen molar-refractivity contribution in [1.29, 1.82) is 0 Å². The zero-order valence-corrected chi connectivity index (χ0v) is 11.9. The summed E-state index contributed by atoms with van der Waals surface area (Å²) in [6.45, 7) is 8.52. The van der Waals surface area contributed by atoms with E-state index < -0.39 is 0 Å². The molecule has 0 aliphatic heterocycles. The summed E-state index contributed by atoms with van der Waals surface area (Å²) in [5, 5.41) is 3.68. The topological polar surface area (TPSA) is 38.0 Å². The lowest BCUT2D eigenvalue weighted by molar-refractivity contribution is 0.163. The lowest BCUT2D eigenvalue weighted by atomic mass is 9.69. The van der Waals surface area contributed by atoms with Crippen molar-refractivity contribution in [2.45, 2.75) is 46.0 Å². The summed E-state index contributed by atoms with van der Waals surface area (Å²) in [6, 6.07) is 6.57. The number of para-hydroxylation sites is 1. The molecule has 1 fully saturated rings. The molecule has 1 aliphatic rings. The van der Waals surface area contributed by atoms with Gasteiger partial charge in [0.05, 0.1) is 0 Å². The molecule has 0 bridgehead atoms. The van der Waals surface area contributed by atoms with Crippen LogP contribution < -0.4 is 11.1 Å². The van der Waals surface area contributed by atoms with Crippen LogP contribution in [0.4, 0.5) is 5.69 Å². The average Bonchev–Trinajstić information content (AvgIpc) is 2.29. The highest BCUT2D eigenvalue weighted by atomic mass is 14.9. The Morgan fingerprint density at radius 1 is 1.33 bits per heavy atom. The maximum Gasteiger partial charge on any atom is 0.0405 e. The molecule has 1 aromatic rings. The van der Waals surface area contributed by atoms with Crippen LogP contribution in [0.1, 0.15) is 50.2 Å². The van der Waals surface area contributed by atoms with E-state index in [2.05, 4.69) is 44.3 Å². The molecule has 18 heavy (non-hydrogen) atoms. The normalized spacial score (nSPS) is 17.6.